The van der Waals surface area contributed by atoms with Gasteiger partial charge in [0.2, 0.25) is 0 Å². The molecule has 0 aliphatic rings. The van der Waals surface area contributed by atoms with Gasteiger partial charge in [-0.25, -0.2) is 31.1 Å². The summed E-state index contributed by atoms with van der Waals surface area (Å²) in [4.78, 5) is 31.9. The van der Waals surface area contributed by atoms with Gasteiger partial charge in [-0.1, -0.05) is 6.92 Å². The number of carboxylic acids is 2. The first-order valence-corrected chi connectivity index (χ1v) is 9.91. The smallest absolute Gasteiger partial charge is 0.311 e. The second-order valence-electron chi connectivity index (χ2n) is 7.57. The molecule has 35 heavy (non-hydrogen) atoms. The average molecular weight is 505 g/mol. The van der Waals surface area contributed by atoms with Crippen LogP contribution in [0.15, 0.2) is 29.8 Å². The van der Waals surface area contributed by atoms with Crippen LogP contribution in [0.4, 0.5) is 26.3 Å². The van der Waals surface area contributed by atoms with Crippen LogP contribution in [0.2, 0.25) is 0 Å². The lowest BCUT2D eigenvalue weighted by Gasteiger charge is -2.16. The molecule has 0 radical (unpaired) electrons. The van der Waals surface area contributed by atoms with Crippen LogP contribution in [-0.2, 0) is 27.2 Å². The normalized spacial score (nSPS) is 13.1. The molecule has 4 N–H and O–H groups in total. The molecule has 0 fully saturated rings. The van der Waals surface area contributed by atoms with Crippen molar-refractivity contribution >= 4 is 17.9 Å². The van der Waals surface area contributed by atoms with Gasteiger partial charge in [-0.2, -0.15) is 0 Å². The average Bonchev–Trinajstić information content (AvgIpc) is 2.78. The Balaban J connectivity index is 0.000000351. The highest BCUT2D eigenvalue weighted by atomic mass is 19.2. The molecule has 0 saturated heterocycles. The zero-order valence-corrected chi connectivity index (χ0v) is 18.4. The van der Waals surface area contributed by atoms with E-state index >= 15 is 0 Å². The highest BCUT2D eigenvalue weighted by Crippen LogP contribution is 2.20. The van der Waals surface area contributed by atoms with Crippen molar-refractivity contribution in [2.45, 2.75) is 32.7 Å². The number of carbonyl (C=O) groups is 2. The molecule has 0 amide bonds. The Labute approximate surface area is 195 Å². The summed E-state index contributed by atoms with van der Waals surface area (Å²) in [6.45, 7) is 2.59. The Morgan fingerprint density at radius 3 is 1.66 bits per heavy atom. The van der Waals surface area contributed by atoms with Gasteiger partial charge in [0.05, 0.1) is 11.8 Å². The molecule has 0 heterocycles. The Kier molecular flexibility index (Phi) is 10.7. The number of hydrogen-bond donors (Lipinski definition) is 3. The lowest BCUT2D eigenvalue weighted by molar-refractivity contribution is -0.142. The predicted octanol–water partition coefficient (Wildman–Crippen LogP) is 3.82. The van der Waals surface area contributed by atoms with E-state index in [9.17, 15) is 40.7 Å². The second-order valence-corrected chi connectivity index (χ2v) is 7.57. The molecule has 3 atom stereocenters. The first-order chi connectivity index (χ1) is 16.2. The molecule has 6 nitrogen and oxygen atoms in total. The summed E-state index contributed by atoms with van der Waals surface area (Å²) >= 11 is 0. The van der Waals surface area contributed by atoms with Crippen molar-refractivity contribution in [3.05, 3.63) is 75.9 Å². The first kappa shape index (κ1) is 29.4. The number of hydrogen-bond acceptors (Lipinski definition) is 4. The van der Waals surface area contributed by atoms with Crippen LogP contribution in [0.25, 0.3) is 0 Å². The van der Waals surface area contributed by atoms with E-state index in [0.29, 0.717) is 24.3 Å². The van der Waals surface area contributed by atoms with Gasteiger partial charge >= 0.3 is 11.9 Å². The molecule has 190 valence electrons. The second kappa shape index (κ2) is 12.7. The topological polar surface area (TPSA) is 118 Å². The van der Waals surface area contributed by atoms with Crippen LogP contribution < -0.4 is 5.73 Å². The number of aliphatic carboxylic acids is 2. The van der Waals surface area contributed by atoms with Gasteiger partial charge in [0.15, 0.2) is 23.3 Å². The molecule has 3 unspecified atom stereocenters. The standard InChI is InChI=1S/C12H9F3O3.C11H12F3NO2/c1-6(12(17)18)8(5-16)2-7-3-10(14)11(15)4-9(7)13;1-5(11(16)17)10(15)3-6-2-8(13)9(14)4-7(6)12/h3-4,6H,2H2,1H3,(H,17,18);2,4-5,10H,3,15H2,1H3,(H,16,17). The Morgan fingerprint density at radius 2 is 1.23 bits per heavy atom. The molecule has 0 saturated carbocycles. The highest BCUT2D eigenvalue weighted by molar-refractivity contribution is 5.77. The Morgan fingerprint density at radius 1 is 0.800 bits per heavy atom. The van der Waals surface area contributed by atoms with Crippen LogP contribution in [0, 0.1) is 46.7 Å². The van der Waals surface area contributed by atoms with Crippen molar-refractivity contribution in [1.29, 1.82) is 0 Å². The van der Waals surface area contributed by atoms with E-state index in [-0.39, 0.29) is 23.1 Å². The molecule has 0 bridgehead atoms. The van der Waals surface area contributed by atoms with Gasteiger partial charge in [-0.3, -0.25) is 9.59 Å². The SMILES string of the molecule is CC(C(=O)O)C(=C=O)Cc1cc(F)c(F)cc1F.CC(C(=O)O)C(N)Cc1cc(F)c(F)cc1F. The van der Waals surface area contributed by atoms with Crippen molar-refractivity contribution in [3.8, 4) is 0 Å². The van der Waals surface area contributed by atoms with Gasteiger partial charge in [0.1, 0.15) is 17.6 Å². The zero-order chi connectivity index (χ0) is 27.0. The molecule has 2 rings (SSSR count). The molecule has 0 aliphatic heterocycles. The summed E-state index contributed by atoms with van der Waals surface area (Å²) in [6, 6.07) is 1.18. The van der Waals surface area contributed by atoms with Gasteiger partial charge < -0.3 is 15.9 Å². The van der Waals surface area contributed by atoms with Crippen LogP contribution >= 0.6 is 0 Å². The summed E-state index contributed by atoms with van der Waals surface area (Å²) in [7, 11) is 0. The van der Waals surface area contributed by atoms with E-state index in [1.165, 1.54) is 19.8 Å². The van der Waals surface area contributed by atoms with Crippen molar-refractivity contribution in [1.82, 2.24) is 0 Å². The third kappa shape index (κ3) is 8.27. The van der Waals surface area contributed by atoms with Crippen molar-refractivity contribution < 1.29 is 50.9 Å². The molecule has 0 spiro atoms. The number of rotatable bonds is 8. The van der Waals surface area contributed by atoms with Crippen LogP contribution in [0.5, 0.6) is 0 Å². The molecule has 2 aromatic rings. The lowest BCUT2D eigenvalue weighted by atomic mass is 9.95. The monoisotopic (exact) mass is 505 g/mol. The van der Waals surface area contributed by atoms with E-state index in [4.69, 9.17) is 15.9 Å². The van der Waals surface area contributed by atoms with Crippen molar-refractivity contribution in [2.75, 3.05) is 0 Å². The summed E-state index contributed by atoms with van der Waals surface area (Å²) < 4.78 is 77.6. The zero-order valence-electron chi connectivity index (χ0n) is 18.4. The maximum absolute atomic E-state index is 13.3. The lowest BCUT2D eigenvalue weighted by Crippen LogP contribution is -2.35. The van der Waals surface area contributed by atoms with Crippen molar-refractivity contribution in [3.63, 3.8) is 0 Å². The van der Waals surface area contributed by atoms with E-state index < -0.39 is 71.1 Å². The Bertz CT molecular complexity index is 1150. The summed E-state index contributed by atoms with van der Waals surface area (Å²) in [5.41, 5.74) is 4.87. The number of nitrogens with two attached hydrogens (primary N) is 1. The number of carbonyl (C=O) groups excluding carboxylic acids is 1. The number of carboxylic acid groups (broad SMARTS) is 2. The third-order valence-corrected chi connectivity index (χ3v) is 5.07. The van der Waals surface area contributed by atoms with E-state index in [1.54, 1.807) is 0 Å². The fourth-order valence-corrected chi connectivity index (χ4v) is 2.67. The Hall–Kier alpha value is -3.63. The predicted molar refractivity (Wildman–Crippen MR) is 111 cm³/mol. The fraction of sp³-hybridized carbons (Fsp3) is 0.304. The maximum atomic E-state index is 13.3. The minimum atomic E-state index is -1.35. The number of halogens is 6. The van der Waals surface area contributed by atoms with Crippen LogP contribution in [-0.4, -0.2) is 34.1 Å². The van der Waals surface area contributed by atoms with Crippen molar-refractivity contribution in [2.24, 2.45) is 17.6 Å². The molecular weight excluding hydrogens is 484 g/mol. The minimum absolute atomic E-state index is 0.135. The van der Waals surface area contributed by atoms with E-state index in [0.717, 1.165) is 0 Å². The van der Waals surface area contributed by atoms with Gasteiger partial charge in [0, 0.05) is 30.2 Å². The molecular formula is C23H21F6NO5. The molecule has 0 aromatic heterocycles. The largest absolute Gasteiger partial charge is 0.481 e. The maximum Gasteiger partial charge on any atom is 0.311 e. The summed E-state index contributed by atoms with van der Waals surface area (Å²) in [6.07, 6.45) is -0.601. The fourth-order valence-electron chi connectivity index (χ4n) is 2.67. The third-order valence-electron chi connectivity index (χ3n) is 5.07. The minimum Gasteiger partial charge on any atom is -0.481 e. The van der Waals surface area contributed by atoms with Gasteiger partial charge in [-0.05, 0) is 36.6 Å². The molecule has 12 heteroatoms. The highest BCUT2D eigenvalue weighted by Gasteiger charge is 2.22. The summed E-state index contributed by atoms with van der Waals surface area (Å²) in [5, 5.41) is 17.4. The van der Waals surface area contributed by atoms with E-state index in [2.05, 4.69) is 0 Å². The van der Waals surface area contributed by atoms with Crippen LogP contribution in [0.1, 0.15) is 25.0 Å². The van der Waals surface area contributed by atoms with E-state index in [1.807, 2.05) is 0 Å². The molecule has 2 aromatic carbocycles. The first-order valence-electron chi connectivity index (χ1n) is 9.91. The quantitative estimate of drug-likeness (QED) is 0.285. The van der Waals surface area contributed by atoms with Gasteiger partial charge in [-0.15, -0.1) is 0 Å². The number of benzene rings is 2. The molecule has 0 aliphatic carbocycles. The summed E-state index contributed by atoms with van der Waals surface area (Å²) in [5.74, 6) is -10.1. The van der Waals surface area contributed by atoms with Gasteiger partial charge in [0.25, 0.3) is 0 Å². The van der Waals surface area contributed by atoms with Crippen LogP contribution in [0.3, 0.4) is 0 Å².